The third kappa shape index (κ3) is 2.98. The molecule has 2 aromatic rings. The van der Waals surface area contributed by atoms with Gasteiger partial charge in [0.15, 0.2) is 11.6 Å². The van der Waals surface area contributed by atoms with Crippen molar-refractivity contribution < 1.29 is 13.6 Å². The predicted molar refractivity (Wildman–Crippen MR) is 74.7 cm³/mol. The number of carbonyl (C=O) groups excluding carboxylic acids is 1. The van der Waals surface area contributed by atoms with Gasteiger partial charge in [-0.3, -0.25) is 9.89 Å². The molecule has 1 saturated heterocycles. The average molecular weight is 306 g/mol. The molecular formula is C15H16F2N4O. The summed E-state index contributed by atoms with van der Waals surface area (Å²) < 4.78 is 26.2. The number of piperidine rings is 1. The number of aromatic nitrogens is 3. The Kier molecular flexibility index (Phi) is 4.13. The zero-order valence-electron chi connectivity index (χ0n) is 11.9. The van der Waals surface area contributed by atoms with E-state index in [1.165, 1.54) is 12.4 Å². The molecule has 0 bridgehead atoms. The van der Waals surface area contributed by atoms with Gasteiger partial charge in [-0.15, -0.1) is 0 Å². The summed E-state index contributed by atoms with van der Waals surface area (Å²) in [6, 6.07) is 3.42. The van der Waals surface area contributed by atoms with Crippen molar-refractivity contribution in [2.45, 2.75) is 31.7 Å². The quantitative estimate of drug-likeness (QED) is 0.947. The number of likely N-dealkylation sites (tertiary alicyclic amines) is 1. The summed E-state index contributed by atoms with van der Waals surface area (Å²) in [6.07, 6.45) is 4.22. The van der Waals surface area contributed by atoms with Gasteiger partial charge >= 0.3 is 0 Å². The van der Waals surface area contributed by atoms with Crippen LogP contribution in [-0.2, 0) is 11.2 Å². The molecule has 1 aromatic heterocycles. The van der Waals surface area contributed by atoms with Gasteiger partial charge in [0.25, 0.3) is 0 Å². The van der Waals surface area contributed by atoms with Crippen LogP contribution in [0.1, 0.15) is 36.7 Å². The maximum atomic E-state index is 13.2. The molecule has 116 valence electrons. The summed E-state index contributed by atoms with van der Waals surface area (Å²) in [6.45, 7) is 0.633. The van der Waals surface area contributed by atoms with E-state index >= 15 is 0 Å². The second kappa shape index (κ2) is 6.21. The SMILES string of the molecule is O=C(Cc1ccc(F)c(F)c1)N1CCCCC1c1ncn[nH]1. The van der Waals surface area contributed by atoms with Crippen LogP contribution in [0.4, 0.5) is 8.78 Å². The lowest BCUT2D eigenvalue weighted by atomic mass is 10.00. The Morgan fingerprint density at radius 1 is 1.32 bits per heavy atom. The lowest BCUT2D eigenvalue weighted by Gasteiger charge is -2.34. The number of rotatable bonds is 3. The summed E-state index contributed by atoms with van der Waals surface area (Å²) in [5, 5.41) is 6.64. The molecule has 0 saturated carbocycles. The van der Waals surface area contributed by atoms with Crippen molar-refractivity contribution in [1.29, 1.82) is 0 Å². The van der Waals surface area contributed by atoms with Crippen molar-refractivity contribution in [2.75, 3.05) is 6.54 Å². The van der Waals surface area contributed by atoms with E-state index in [9.17, 15) is 13.6 Å². The fourth-order valence-electron chi connectivity index (χ4n) is 2.82. The number of carbonyl (C=O) groups is 1. The molecular weight excluding hydrogens is 290 g/mol. The molecule has 22 heavy (non-hydrogen) atoms. The number of nitrogens with one attached hydrogen (secondary N) is 1. The second-order valence-electron chi connectivity index (χ2n) is 5.39. The van der Waals surface area contributed by atoms with E-state index in [1.54, 1.807) is 4.90 Å². The lowest BCUT2D eigenvalue weighted by Crippen LogP contribution is -2.39. The van der Waals surface area contributed by atoms with E-state index in [1.807, 2.05) is 0 Å². The Balaban J connectivity index is 1.75. The van der Waals surface area contributed by atoms with Gasteiger partial charge in [0.2, 0.25) is 5.91 Å². The van der Waals surface area contributed by atoms with Gasteiger partial charge < -0.3 is 4.90 Å². The van der Waals surface area contributed by atoms with Gasteiger partial charge in [-0.1, -0.05) is 6.07 Å². The van der Waals surface area contributed by atoms with Gasteiger partial charge in [-0.2, -0.15) is 5.10 Å². The average Bonchev–Trinajstić information content (AvgIpc) is 3.05. The highest BCUT2D eigenvalue weighted by Crippen LogP contribution is 2.29. The predicted octanol–water partition coefficient (Wildman–Crippen LogP) is 2.38. The van der Waals surface area contributed by atoms with Crippen LogP contribution in [0.15, 0.2) is 24.5 Å². The minimum absolute atomic E-state index is 0.0435. The van der Waals surface area contributed by atoms with Crippen molar-refractivity contribution in [2.24, 2.45) is 0 Å². The van der Waals surface area contributed by atoms with Crippen LogP contribution in [0.5, 0.6) is 0 Å². The van der Waals surface area contributed by atoms with Crippen molar-refractivity contribution in [3.8, 4) is 0 Å². The summed E-state index contributed by atoms with van der Waals surface area (Å²) in [7, 11) is 0. The molecule has 3 rings (SSSR count). The van der Waals surface area contributed by atoms with E-state index in [0.717, 1.165) is 31.4 Å². The first kappa shape index (κ1) is 14.6. The van der Waals surface area contributed by atoms with Crippen LogP contribution >= 0.6 is 0 Å². The zero-order chi connectivity index (χ0) is 15.5. The molecule has 1 atom stereocenters. The molecule has 1 aliphatic rings. The first-order valence-electron chi connectivity index (χ1n) is 7.24. The molecule has 0 radical (unpaired) electrons. The summed E-state index contributed by atoms with van der Waals surface area (Å²) in [4.78, 5) is 18.4. The second-order valence-corrected chi connectivity index (χ2v) is 5.39. The highest BCUT2D eigenvalue weighted by Gasteiger charge is 2.29. The van der Waals surface area contributed by atoms with Gasteiger partial charge in [-0.05, 0) is 37.0 Å². The Bertz CT molecular complexity index is 660. The number of aromatic amines is 1. The number of hydrogen-bond acceptors (Lipinski definition) is 3. The summed E-state index contributed by atoms with van der Waals surface area (Å²) >= 11 is 0. The van der Waals surface area contributed by atoms with Crippen LogP contribution in [-0.4, -0.2) is 32.5 Å². The molecule has 1 fully saturated rings. The van der Waals surface area contributed by atoms with E-state index in [0.29, 0.717) is 17.9 Å². The first-order chi connectivity index (χ1) is 10.6. The summed E-state index contributed by atoms with van der Waals surface area (Å²) in [5.41, 5.74) is 0.464. The highest BCUT2D eigenvalue weighted by molar-refractivity contribution is 5.79. The van der Waals surface area contributed by atoms with Crippen LogP contribution in [0, 0.1) is 11.6 Å². The van der Waals surface area contributed by atoms with E-state index in [4.69, 9.17) is 0 Å². The Morgan fingerprint density at radius 2 is 2.18 bits per heavy atom. The fourth-order valence-corrected chi connectivity index (χ4v) is 2.82. The third-order valence-corrected chi connectivity index (χ3v) is 3.91. The summed E-state index contributed by atoms with van der Waals surface area (Å²) in [5.74, 6) is -1.30. The molecule has 0 aliphatic carbocycles. The molecule has 1 unspecified atom stereocenters. The Morgan fingerprint density at radius 3 is 2.91 bits per heavy atom. The largest absolute Gasteiger partial charge is 0.332 e. The monoisotopic (exact) mass is 306 g/mol. The van der Waals surface area contributed by atoms with Crippen LogP contribution in [0.3, 0.4) is 0 Å². The molecule has 2 heterocycles. The van der Waals surface area contributed by atoms with Crippen LogP contribution in [0.2, 0.25) is 0 Å². The van der Waals surface area contributed by atoms with Gasteiger partial charge in [-0.25, -0.2) is 13.8 Å². The Hall–Kier alpha value is -2.31. The van der Waals surface area contributed by atoms with E-state index in [-0.39, 0.29) is 18.4 Å². The van der Waals surface area contributed by atoms with Gasteiger partial charge in [0, 0.05) is 6.54 Å². The number of halogens is 2. The smallest absolute Gasteiger partial charge is 0.227 e. The molecule has 1 aliphatic heterocycles. The van der Waals surface area contributed by atoms with Crippen LogP contribution in [0.25, 0.3) is 0 Å². The number of H-pyrrole nitrogens is 1. The molecule has 7 heteroatoms. The standard InChI is InChI=1S/C15H16F2N4O/c16-11-5-4-10(7-12(11)17)8-14(22)21-6-2-1-3-13(21)15-18-9-19-20-15/h4-5,7,9,13H,1-3,6,8H2,(H,18,19,20). The topological polar surface area (TPSA) is 61.9 Å². The highest BCUT2D eigenvalue weighted by atomic mass is 19.2. The van der Waals surface area contributed by atoms with E-state index in [2.05, 4.69) is 15.2 Å². The van der Waals surface area contributed by atoms with Crippen molar-refractivity contribution in [3.05, 3.63) is 47.5 Å². The minimum Gasteiger partial charge on any atom is -0.332 e. The van der Waals surface area contributed by atoms with E-state index < -0.39 is 11.6 Å². The van der Waals surface area contributed by atoms with Crippen molar-refractivity contribution >= 4 is 5.91 Å². The molecule has 1 aromatic carbocycles. The molecule has 0 spiro atoms. The first-order valence-corrected chi connectivity index (χ1v) is 7.24. The molecule has 1 N–H and O–H groups in total. The molecule has 1 amide bonds. The van der Waals surface area contributed by atoms with Gasteiger partial charge in [0.05, 0.1) is 12.5 Å². The number of benzene rings is 1. The number of amides is 1. The maximum absolute atomic E-state index is 13.2. The lowest BCUT2D eigenvalue weighted by molar-refractivity contribution is -0.134. The van der Waals surface area contributed by atoms with Gasteiger partial charge in [0.1, 0.15) is 12.2 Å². The third-order valence-electron chi connectivity index (χ3n) is 3.91. The maximum Gasteiger partial charge on any atom is 0.227 e. The molecule has 5 nitrogen and oxygen atoms in total. The Labute approximate surface area is 126 Å². The van der Waals surface area contributed by atoms with Crippen molar-refractivity contribution in [1.82, 2.24) is 20.1 Å². The van der Waals surface area contributed by atoms with Crippen LogP contribution < -0.4 is 0 Å². The minimum atomic E-state index is -0.935. The normalized spacial score (nSPS) is 18.5. The number of nitrogens with zero attached hydrogens (tertiary/aromatic N) is 3. The number of hydrogen-bond donors (Lipinski definition) is 1. The van der Waals surface area contributed by atoms with Crippen molar-refractivity contribution in [3.63, 3.8) is 0 Å². The fraction of sp³-hybridized carbons (Fsp3) is 0.400. The zero-order valence-corrected chi connectivity index (χ0v) is 11.9.